The van der Waals surface area contributed by atoms with E-state index in [4.69, 9.17) is 19.3 Å². The zero-order valence-electron chi connectivity index (χ0n) is 11.0. The van der Waals surface area contributed by atoms with Gasteiger partial charge >= 0.3 is 17.9 Å². The minimum absolute atomic E-state index is 0.0391. The molecule has 1 heterocycles. The lowest BCUT2D eigenvalue weighted by Crippen LogP contribution is -2.29. The molecule has 0 aliphatic carbocycles. The lowest BCUT2D eigenvalue weighted by atomic mass is 10.0. The van der Waals surface area contributed by atoms with Crippen LogP contribution in [0.3, 0.4) is 0 Å². The molecule has 1 aliphatic rings. The molecule has 3 atom stereocenters. The maximum atomic E-state index is 11.2. The molecule has 0 amide bonds. The molecule has 19 heavy (non-hydrogen) atoms. The molecule has 7 nitrogen and oxygen atoms in total. The van der Waals surface area contributed by atoms with Gasteiger partial charge in [0.2, 0.25) is 0 Å². The van der Waals surface area contributed by atoms with Crippen LogP contribution in [0.1, 0.15) is 26.7 Å². The maximum absolute atomic E-state index is 11.2. The molecule has 108 valence electrons. The van der Waals surface area contributed by atoms with E-state index in [0.717, 1.165) is 0 Å². The zero-order valence-corrected chi connectivity index (χ0v) is 11.0. The number of carbonyl (C=O) groups excluding carboxylic acids is 2. The molecule has 3 unspecified atom stereocenters. The molecule has 0 aromatic rings. The van der Waals surface area contributed by atoms with E-state index in [2.05, 4.69) is 0 Å². The molecular formula is C12H18O7. The van der Waals surface area contributed by atoms with E-state index >= 15 is 0 Å². The number of carbonyl (C=O) groups is 3. The van der Waals surface area contributed by atoms with Crippen molar-refractivity contribution in [2.75, 3.05) is 13.2 Å². The molecule has 1 rings (SSSR count). The monoisotopic (exact) mass is 274 g/mol. The normalized spacial score (nSPS) is 25.9. The number of carboxylic acid groups (broad SMARTS) is 1. The summed E-state index contributed by atoms with van der Waals surface area (Å²) in [5, 5.41) is 8.42. The Morgan fingerprint density at radius 3 is 2.58 bits per heavy atom. The third-order valence-corrected chi connectivity index (χ3v) is 2.92. The van der Waals surface area contributed by atoms with Gasteiger partial charge in [0.1, 0.15) is 12.7 Å². The summed E-state index contributed by atoms with van der Waals surface area (Å²) in [7, 11) is 0. The van der Waals surface area contributed by atoms with Gasteiger partial charge in [-0.15, -0.1) is 0 Å². The smallest absolute Gasteiger partial charge is 0.306 e. The molecular weight excluding hydrogens is 256 g/mol. The Morgan fingerprint density at radius 1 is 1.32 bits per heavy atom. The van der Waals surface area contributed by atoms with Crippen LogP contribution in [0, 0.1) is 5.92 Å². The average Bonchev–Trinajstić information content (AvgIpc) is 2.65. The van der Waals surface area contributed by atoms with Crippen molar-refractivity contribution in [2.45, 2.75) is 38.9 Å². The molecule has 0 spiro atoms. The second-order valence-corrected chi connectivity index (χ2v) is 4.46. The third kappa shape index (κ3) is 5.25. The summed E-state index contributed by atoms with van der Waals surface area (Å²) in [5.74, 6) is -2.07. The number of esters is 2. The predicted octanol–water partition coefficient (Wildman–Crippen LogP) is 0.361. The quantitative estimate of drug-likeness (QED) is 0.698. The van der Waals surface area contributed by atoms with E-state index < -0.39 is 11.9 Å². The van der Waals surface area contributed by atoms with Crippen LogP contribution in [0.5, 0.6) is 0 Å². The van der Waals surface area contributed by atoms with Crippen molar-refractivity contribution in [3.63, 3.8) is 0 Å². The highest BCUT2D eigenvalue weighted by Crippen LogP contribution is 2.24. The summed E-state index contributed by atoms with van der Waals surface area (Å²) in [6.07, 6.45) is -1.09. The van der Waals surface area contributed by atoms with Crippen molar-refractivity contribution in [2.24, 2.45) is 5.92 Å². The first-order valence-corrected chi connectivity index (χ1v) is 6.06. The van der Waals surface area contributed by atoms with E-state index in [1.807, 2.05) is 6.92 Å². The lowest BCUT2D eigenvalue weighted by molar-refractivity contribution is -0.151. The first-order chi connectivity index (χ1) is 8.90. The first kappa shape index (κ1) is 15.4. The van der Waals surface area contributed by atoms with Crippen LogP contribution in [0.2, 0.25) is 0 Å². The Morgan fingerprint density at radius 2 is 2.00 bits per heavy atom. The Bertz CT molecular complexity index is 352. The molecule has 1 saturated heterocycles. The van der Waals surface area contributed by atoms with Crippen LogP contribution >= 0.6 is 0 Å². The van der Waals surface area contributed by atoms with Crippen molar-refractivity contribution in [1.82, 2.24) is 0 Å². The summed E-state index contributed by atoms with van der Waals surface area (Å²) < 4.78 is 15.4. The van der Waals surface area contributed by atoms with Crippen LogP contribution in [0.4, 0.5) is 0 Å². The number of hydrogen-bond acceptors (Lipinski definition) is 6. The van der Waals surface area contributed by atoms with E-state index in [9.17, 15) is 14.4 Å². The van der Waals surface area contributed by atoms with Crippen LogP contribution in [0.25, 0.3) is 0 Å². The second kappa shape index (κ2) is 7.08. The van der Waals surface area contributed by atoms with Crippen molar-refractivity contribution in [3.05, 3.63) is 0 Å². The zero-order chi connectivity index (χ0) is 14.4. The van der Waals surface area contributed by atoms with Crippen LogP contribution in [0.15, 0.2) is 0 Å². The van der Waals surface area contributed by atoms with E-state index in [0.29, 0.717) is 0 Å². The number of carboxylic acids is 1. The first-order valence-electron chi connectivity index (χ1n) is 6.06. The van der Waals surface area contributed by atoms with Crippen LogP contribution in [-0.4, -0.2) is 48.4 Å². The Balaban J connectivity index is 2.28. The Labute approximate surface area is 110 Å². The number of hydrogen-bond donors (Lipinski definition) is 1. The van der Waals surface area contributed by atoms with E-state index in [-0.39, 0.29) is 50.2 Å². The Hall–Kier alpha value is -1.63. The summed E-state index contributed by atoms with van der Waals surface area (Å²) >= 11 is 0. The summed E-state index contributed by atoms with van der Waals surface area (Å²) in [5.41, 5.74) is 0. The minimum atomic E-state index is -1.04. The average molecular weight is 274 g/mol. The van der Waals surface area contributed by atoms with Gasteiger partial charge in [0.05, 0.1) is 25.6 Å². The van der Waals surface area contributed by atoms with Crippen LogP contribution in [-0.2, 0) is 28.6 Å². The highest BCUT2D eigenvalue weighted by molar-refractivity contribution is 5.76. The van der Waals surface area contributed by atoms with Crippen LogP contribution < -0.4 is 0 Å². The van der Waals surface area contributed by atoms with Gasteiger partial charge in [0.25, 0.3) is 0 Å². The lowest BCUT2D eigenvalue weighted by Gasteiger charge is -2.18. The van der Waals surface area contributed by atoms with Gasteiger partial charge in [0, 0.05) is 12.8 Å². The highest BCUT2D eigenvalue weighted by atomic mass is 16.6. The summed E-state index contributed by atoms with van der Waals surface area (Å²) in [6.45, 7) is 3.48. The largest absolute Gasteiger partial charge is 0.481 e. The molecule has 0 aromatic carbocycles. The number of ether oxygens (including phenoxy) is 3. The standard InChI is InChI=1S/C12H18O7/c1-7-9(17-6-10(7)19-8(2)13)5-18-12(16)4-3-11(14)15/h7,9-10H,3-6H2,1-2H3,(H,14,15). The summed E-state index contributed by atoms with van der Waals surface area (Å²) in [4.78, 5) is 32.4. The SMILES string of the molecule is CC(=O)OC1COC(COC(=O)CCC(=O)O)C1C. The molecule has 0 aromatic heterocycles. The van der Waals surface area contributed by atoms with Gasteiger partial charge in [-0.05, 0) is 0 Å². The van der Waals surface area contributed by atoms with Crippen molar-refractivity contribution >= 4 is 17.9 Å². The Kier molecular flexibility index (Phi) is 5.75. The van der Waals surface area contributed by atoms with E-state index in [1.54, 1.807) is 0 Å². The third-order valence-electron chi connectivity index (χ3n) is 2.92. The predicted molar refractivity (Wildman–Crippen MR) is 62.3 cm³/mol. The molecule has 0 saturated carbocycles. The van der Waals surface area contributed by atoms with E-state index in [1.165, 1.54) is 6.92 Å². The van der Waals surface area contributed by atoms with Crippen molar-refractivity contribution in [3.8, 4) is 0 Å². The summed E-state index contributed by atoms with van der Waals surface area (Å²) in [6, 6.07) is 0. The van der Waals surface area contributed by atoms with Crippen molar-refractivity contribution in [1.29, 1.82) is 0 Å². The molecule has 0 bridgehead atoms. The molecule has 0 radical (unpaired) electrons. The fraction of sp³-hybridized carbons (Fsp3) is 0.750. The highest BCUT2D eigenvalue weighted by Gasteiger charge is 2.36. The van der Waals surface area contributed by atoms with Gasteiger partial charge in [-0.25, -0.2) is 0 Å². The maximum Gasteiger partial charge on any atom is 0.306 e. The second-order valence-electron chi connectivity index (χ2n) is 4.46. The van der Waals surface area contributed by atoms with Gasteiger partial charge in [0.15, 0.2) is 0 Å². The topological polar surface area (TPSA) is 99.1 Å². The van der Waals surface area contributed by atoms with Gasteiger partial charge in [-0.3, -0.25) is 14.4 Å². The van der Waals surface area contributed by atoms with Gasteiger partial charge in [-0.2, -0.15) is 0 Å². The fourth-order valence-corrected chi connectivity index (χ4v) is 1.77. The van der Waals surface area contributed by atoms with Crippen molar-refractivity contribution < 1.29 is 33.7 Å². The fourth-order valence-electron chi connectivity index (χ4n) is 1.77. The minimum Gasteiger partial charge on any atom is -0.481 e. The molecule has 7 heteroatoms. The molecule has 1 fully saturated rings. The number of aliphatic carboxylic acids is 1. The van der Waals surface area contributed by atoms with Gasteiger partial charge in [-0.1, -0.05) is 6.92 Å². The van der Waals surface area contributed by atoms with Gasteiger partial charge < -0.3 is 19.3 Å². The number of rotatable bonds is 6. The molecule has 1 N–H and O–H groups in total. The molecule has 1 aliphatic heterocycles.